The van der Waals surface area contributed by atoms with E-state index >= 15 is 0 Å². The van der Waals surface area contributed by atoms with Gasteiger partial charge in [0.25, 0.3) is 6.43 Å². The zero-order valence-corrected chi connectivity index (χ0v) is 18.8. The topological polar surface area (TPSA) is 129 Å². The average molecular weight is 473 g/mol. The summed E-state index contributed by atoms with van der Waals surface area (Å²) in [6.07, 6.45) is -1.43. The predicted octanol–water partition coefficient (Wildman–Crippen LogP) is 2.53. The highest BCUT2D eigenvalue weighted by atomic mass is 32.2. The molecule has 0 spiro atoms. The molecule has 0 atom stereocenters. The second kappa shape index (κ2) is 11.2. The van der Waals surface area contributed by atoms with Gasteiger partial charge in [0.15, 0.2) is 0 Å². The number of unbranched alkanes of at least 4 members (excludes halogenated alkanes) is 1. The van der Waals surface area contributed by atoms with E-state index in [1.165, 1.54) is 6.92 Å². The van der Waals surface area contributed by atoms with E-state index in [-0.39, 0.29) is 49.7 Å². The Kier molecular flexibility index (Phi) is 8.89. The Hall–Kier alpha value is -2.81. The van der Waals surface area contributed by atoms with Gasteiger partial charge in [-0.1, -0.05) is 13.3 Å². The lowest BCUT2D eigenvalue weighted by atomic mass is 9.96. The molecule has 2 rings (SSSR count). The van der Waals surface area contributed by atoms with Crippen LogP contribution in [0, 0.1) is 17.2 Å². The molecule has 32 heavy (non-hydrogen) atoms. The third-order valence-electron chi connectivity index (χ3n) is 5.04. The maximum atomic E-state index is 13.5. The summed E-state index contributed by atoms with van der Waals surface area (Å²) in [5.41, 5.74) is -1.31. The molecule has 1 aromatic rings. The van der Waals surface area contributed by atoms with Crippen LogP contribution in [0.25, 0.3) is 0 Å². The van der Waals surface area contributed by atoms with Crippen LogP contribution in [-0.2, 0) is 19.6 Å². The summed E-state index contributed by atoms with van der Waals surface area (Å²) < 4.78 is 57.9. The standard InChI is InChI=1S/C20H26F2N4O5S/c1-3-5-10-32(29,30)25-19(27)13-6-8-26(9-7-13)18-14(12-23)11-15(20(28)31-4-2)16(24-18)17(21)22/h11,13,17H,3-10H2,1-2H3,(H,25,27). The Labute approximate surface area is 185 Å². The van der Waals surface area contributed by atoms with Gasteiger partial charge in [0.05, 0.1) is 23.5 Å². The summed E-state index contributed by atoms with van der Waals surface area (Å²) in [4.78, 5) is 29.8. The van der Waals surface area contributed by atoms with Gasteiger partial charge in [-0.15, -0.1) is 0 Å². The SMILES string of the molecule is CCCCS(=O)(=O)NC(=O)C1CCN(c2nc(C(F)F)c(C(=O)OCC)cc2C#N)CC1. The smallest absolute Gasteiger partial charge is 0.340 e. The summed E-state index contributed by atoms with van der Waals surface area (Å²) in [5.74, 6) is -2.29. The van der Waals surface area contributed by atoms with Gasteiger partial charge in [-0.25, -0.2) is 27.0 Å². The number of carbonyl (C=O) groups excluding carboxylic acids is 2. The fourth-order valence-electron chi connectivity index (χ4n) is 3.35. The molecule has 0 aromatic carbocycles. The number of rotatable bonds is 9. The van der Waals surface area contributed by atoms with Gasteiger partial charge in [-0.3, -0.25) is 9.52 Å². The highest BCUT2D eigenvalue weighted by Gasteiger charge is 2.31. The van der Waals surface area contributed by atoms with Gasteiger partial charge in [0.1, 0.15) is 17.6 Å². The van der Waals surface area contributed by atoms with Crippen LogP contribution in [0.2, 0.25) is 0 Å². The first-order valence-electron chi connectivity index (χ1n) is 10.3. The zero-order chi connectivity index (χ0) is 23.9. The Morgan fingerprint density at radius 3 is 2.53 bits per heavy atom. The molecule has 12 heteroatoms. The van der Waals surface area contributed by atoms with E-state index in [4.69, 9.17) is 4.74 Å². The Morgan fingerprint density at radius 2 is 2.00 bits per heavy atom. The third-order valence-corrected chi connectivity index (χ3v) is 6.38. The van der Waals surface area contributed by atoms with Crippen LogP contribution in [0.4, 0.5) is 14.6 Å². The van der Waals surface area contributed by atoms with E-state index in [2.05, 4.69) is 9.71 Å². The van der Waals surface area contributed by atoms with Crippen molar-refractivity contribution in [3.05, 3.63) is 22.9 Å². The fourth-order valence-corrected chi connectivity index (χ4v) is 4.60. The first-order valence-corrected chi connectivity index (χ1v) is 12.0. The first-order chi connectivity index (χ1) is 15.1. The highest BCUT2D eigenvalue weighted by Crippen LogP contribution is 2.30. The van der Waals surface area contributed by atoms with Crippen molar-refractivity contribution < 1.29 is 31.5 Å². The minimum absolute atomic E-state index is 0.00901. The maximum Gasteiger partial charge on any atom is 0.340 e. The summed E-state index contributed by atoms with van der Waals surface area (Å²) in [7, 11) is -3.70. The number of hydrogen-bond donors (Lipinski definition) is 1. The number of sulfonamides is 1. The van der Waals surface area contributed by atoms with Gasteiger partial charge >= 0.3 is 5.97 Å². The minimum atomic E-state index is -3.70. The van der Waals surface area contributed by atoms with Gasteiger partial charge in [0.2, 0.25) is 15.9 Å². The molecule has 1 saturated heterocycles. The normalized spacial score (nSPS) is 14.8. The summed E-state index contributed by atoms with van der Waals surface area (Å²) in [6, 6.07) is 2.91. The number of ether oxygens (including phenoxy) is 1. The van der Waals surface area contributed by atoms with E-state index < -0.39 is 45.5 Å². The molecule has 1 aromatic heterocycles. The molecule has 1 N–H and O–H groups in total. The van der Waals surface area contributed by atoms with Crippen LogP contribution < -0.4 is 9.62 Å². The predicted molar refractivity (Wildman–Crippen MR) is 112 cm³/mol. The van der Waals surface area contributed by atoms with Gasteiger partial charge in [-0.2, -0.15) is 5.26 Å². The van der Waals surface area contributed by atoms with Crippen molar-refractivity contribution in [2.75, 3.05) is 30.3 Å². The molecule has 176 valence electrons. The highest BCUT2D eigenvalue weighted by molar-refractivity contribution is 7.90. The Morgan fingerprint density at radius 1 is 1.34 bits per heavy atom. The molecule has 0 bridgehead atoms. The number of esters is 1. The number of pyridine rings is 1. The molecule has 1 aliphatic rings. The molecule has 0 aliphatic carbocycles. The van der Waals surface area contributed by atoms with Crippen molar-refractivity contribution in [2.45, 2.75) is 46.0 Å². The molecule has 2 heterocycles. The second-order valence-electron chi connectivity index (χ2n) is 7.33. The maximum absolute atomic E-state index is 13.5. The quantitative estimate of drug-likeness (QED) is 0.543. The Bertz CT molecular complexity index is 986. The fraction of sp³-hybridized carbons (Fsp3) is 0.600. The lowest BCUT2D eigenvalue weighted by Crippen LogP contribution is -2.43. The molecule has 1 amide bonds. The molecule has 0 unspecified atom stereocenters. The summed E-state index contributed by atoms with van der Waals surface area (Å²) >= 11 is 0. The van der Waals surface area contributed by atoms with Crippen molar-refractivity contribution in [3.63, 3.8) is 0 Å². The van der Waals surface area contributed by atoms with Crippen molar-refractivity contribution >= 4 is 27.7 Å². The number of amides is 1. The third kappa shape index (κ3) is 6.35. The molecular formula is C20H26F2N4O5S. The van der Waals surface area contributed by atoms with E-state index in [0.29, 0.717) is 12.8 Å². The number of anilines is 1. The zero-order valence-electron chi connectivity index (χ0n) is 17.9. The largest absolute Gasteiger partial charge is 0.462 e. The monoisotopic (exact) mass is 472 g/mol. The van der Waals surface area contributed by atoms with Crippen LogP contribution in [0.3, 0.4) is 0 Å². The first kappa shape index (κ1) is 25.5. The lowest BCUT2D eigenvalue weighted by molar-refractivity contribution is -0.123. The number of hydrogen-bond acceptors (Lipinski definition) is 8. The molecule has 0 saturated carbocycles. The summed E-state index contributed by atoms with van der Waals surface area (Å²) in [5, 5.41) is 9.47. The number of aromatic nitrogens is 1. The van der Waals surface area contributed by atoms with E-state index in [1.807, 2.05) is 13.0 Å². The van der Waals surface area contributed by atoms with Crippen molar-refractivity contribution in [2.24, 2.45) is 5.92 Å². The van der Waals surface area contributed by atoms with Crippen LogP contribution in [0.1, 0.15) is 67.6 Å². The van der Waals surface area contributed by atoms with Crippen LogP contribution in [0.5, 0.6) is 0 Å². The molecule has 9 nitrogen and oxygen atoms in total. The number of nitrogens with zero attached hydrogens (tertiary/aromatic N) is 3. The Balaban J connectivity index is 2.17. The van der Waals surface area contributed by atoms with Crippen LogP contribution in [0.15, 0.2) is 6.07 Å². The van der Waals surface area contributed by atoms with Gasteiger partial charge in [-0.05, 0) is 32.3 Å². The van der Waals surface area contributed by atoms with Crippen molar-refractivity contribution in [3.8, 4) is 6.07 Å². The van der Waals surface area contributed by atoms with E-state index in [0.717, 1.165) is 6.07 Å². The van der Waals surface area contributed by atoms with Crippen LogP contribution in [-0.4, -0.2) is 50.7 Å². The van der Waals surface area contributed by atoms with E-state index in [1.54, 1.807) is 4.90 Å². The van der Waals surface area contributed by atoms with Crippen molar-refractivity contribution in [1.29, 1.82) is 5.26 Å². The number of alkyl halides is 2. The van der Waals surface area contributed by atoms with Gasteiger partial charge < -0.3 is 9.64 Å². The number of nitriles is 1. The number of halogens is 2. The lowest BCUT2D eigenvalue weighted by Gasteiger charge is -2.32. The van der Waals surface area contributed by atoms with Crippen molar-refractivity contribution in [1.82, 2.24) is 9.71 Å². The minimum Gasteiger partial charge on any atom is -0.462 e. The number of nitrogens with one attached hydrogen (secondary N) is 1. The number of carbonyl (C=O) groups is 2. The molecule has 1 fully saturated rings. The summed E-state index contributed by atoms with van der Waals surface area (Å²) in [6.45, 7) is 3.76. The number of piperidine rings is 1. The van der Waals surface area contributed by atoms with Gasteiger partial charge in [0, 0.05) is 19.0 Å². The average Bonchev–Trinajstić information content (AvgIpc) is 2.76. The molecule has 1 aliphatic heterocycles. The molecular weight excluding hydrogens is 446 g/mol. The van der Waals surface area contributed by atoms with Crippen LogP contribution >= 0.6 is 0 Å². The molecule has 0 radical (unpaired) electrons. The van der Waals surface area contributed by atoms with E-state index in [9.17, 15) is 32.0 Å². The second-order valence-corrected chi connectivity index (χ2v) is 9.17.